The highest BCUT2D eigenvalue weighted by Crippen LogP contribution is 2.19. The number of hydrogen-bond acceptors (Lipinski definition) is 1. The van der Waals surface area contributed by atoms with Crippen LogP contribution in [0.1, 0.15) is 16.7 Å². The molecule has 3 aromatic rings. The molecule has 0 spiro atoms. The lowest BCUT2D eigenvalue weighted by Crippen LogP contribution is -2.44. The van der Waals surface area contributed by atoms with Crippen molar-refractivity contribution >= 4 is 19.5 Å². The van der Waals surface area contributed by atoms with Gasteiger partial charge in [-0.2, -0.15) is 0 Å². The molecule has 0 aliphatic heterocycles. The molecule has 3 rings (SSSR count). The van der Waals surface area contributed by atoms with E-state index in [1.807, 2.05) is 12.3 Å². The molecule has 0 bridgehead atoms. The fraction of sp³-hybridized carbons (Fsp3) is 0.160. The molecule has 0 saturated carbocycles. The van der Waals surface area contributed by atoms with E-state index in [0.29, 0.717) is 6.54 Å². The van der Waals surface area contributed by atoms with Gasteiger partial charge in [0.05, 0.1) is 6.54 Å². The maximum absolute atomic E-state index is 4.59. The molecule has 136 valence electrons. The second-order valence-corrected chi connectivity index (χ2v) is 12.0. The third-order valence-electron chi connectivity index (χ3n) is 5.10. The molecule has 3 aromatic carbocycles. The molecular weight excluding hydrogens is 342 g/mol. The number of hydrogen-bond donors (Lipinski definition) is 0. The number of allylic oxidation sites excluding steroid dienone is 1. The lowest BCUT2D eigenvalue weighted by Gasteiger charge is -2.26. The summed E-state index contributed by atoms with van der Waals surface area (Å²) in [5, 5.41) is 2.79. The fourth-order valence-corrected chi connectivity index (χ4v) is 5.23. The fourth-order valence-electron chi connectivity index (χ4n) is 3.15. The van der Waals surface area contributed by atoms with E-state index in [2.05, 4.69) is 104 Å². The molecule has 0 aliphatic carbocycles. The summed E-state index contributed by atoms with van der Waals surface area (Å²) in [5.41, 5.74) is 3.68. The first-order valence-corrected chi connectivity index (χ1v) is 12.4. The molecule has 0 heterocycles. The summed E-state index contributed by atoms with van der Waals surface area (Å²) in [4.78, 5) is 4.59. The van der Waals surface area contributed by atoms with Gasteiger partial charge in [-0.05, 0) is 29.2 Å². The molecule has 0 aliphatic rings. The lowest BCUT2D eigenvalue weighted by molar-refractivity contribution is 1.08. The van der Waals surface area contributed by atoms with Gasteiger partial charge < -0.3 is 0 Å². The van der Waals surface area contributed by atoms with Crippen LogP contribution in [0.2, 0.25) is 13.1 Å². The molecule has 0 N–H and O–H groups in total. The third-order valence-corrected chi connectivity index (χ3v) is 8.83. The van der Waals surface area contributed by atoms with Crippen molar-refractivity contribution in [1.29, 1.82) is 0 Å². The van der Waals surface area contributed by atoms with Crippen molar-refractivity contribution in [2.45, 2.75) is 26.1 Å². The molecule has 0 aromatic heterocycles. The largest absolute Gasteiger partial charge is 0.288 e. The summed E-state index contributed by atoms with van der Waals surface area (Å²) in [7, 11) is -1.68. The van der Waals surface area contributed by atoms with Crippen LogP contribution in [-0.4, -0.2) is 14.3 Å². The van der Waals surface area contributed by atoms with Gasteiger partial charge in [0.2, 0.25) is 0 Å². The van der Waals surface area contributed by atoms with Crippen LogP contribution in [-0.2, 0) is 13.0 Å². The molecule has 0 radical (unpaired) electrons. The quantitative estimate of drug-likeness (QED) is 0.382. The zero-order chi connectivity index (χ0) is 19.1. The third kappa shape index (κ3) is 5.15. The van der Waals surface area contributed by atoms with Gasteiger partial charge in [0.1, 0.15) is 8.07 Å². The van der Waals surface area contributed by atoms with E-state index in [0.717, 1.165) is 12.0 Å². The highest BCUT2D eigenvalue weighted by atomic mass is 28.3. The van der Waals surface area contributed by atoms with Crippen LogP contribution < -0.4 is 5.19 Å². The number of rotatable bonds is 7. The number of nitrogens with zero attached hydrogens (tertiary/aromatic N) is 1. The van der Waals surface area contributed by atoms with Crippen LogP contribution in [0, 0.1) is 0 Å². The Morgan fingerprint density at radius 2 is 1.48 bits per heavy atom. The van der Waals surface area contributed by atoms with Gasteiger partial charge in [-0.15, -0.1) is 6.58 Å². The Labute approximate surface area is 164 Å². The Bertz CT molecular complexity index is 911. The molecule has 0 unspecified atom stereocenters. The molecule has 27 heavy (non-hydrogen) atoms. The topological polar surface area (TPSA) is 12.4 Å². The minimum absolute atomic E-state index is 0.714. The van der Waals surface area contributed by atoms with Gasteiger partial charge in [-0.1, -0.05) is 102 Å². The van der Waals surface area contributed by atoms with Crippen LogP contribution in [0.25, 0.3) is 0 Å². The maximum Gasteiger partial charge on any atom is 0.107 e. The highest BCUT2D eigenvalue weighted by Gasteiger charge is 2.26. The van der Waals surface area contributed by atoms with E-state index in [-0.39, 0.29) is 0 Å². The van der Waals surface area contributed by atoms with E-state index in [1.165, 1.54) is 21.5 Å². The Kier molecular flexibility index (Phi) is 6.20. The summed E-state index contributed by atoms with van der Waals surface area (Å²) in [6, 6.07) is 29.8. The van der Waals surface area contributed by atoms with Crippen LogP contribution in [0.5, 0.6) is 0 Å². The normalized spacial score (nSPS) is 11.6. The zero-order valence-electron chi connectivity index (χ0n) is 16.2. The average molecular weight is 370 g/mol. The predicted octanol–water partition coefficient (Wildman–Crippen LogP) is 5.56. The van der Waals surface area contributed by atoms with Gasteiger partial charge >= 0.3 is 0 Å². The maximum atomic E-state index is 4.59. The second kappa shape index (κ2) is 8.78. The minimum atomic E-state index is -1.68. The molecule has 0 fully saturated rings. The van der Waals surface area contributed by atoms with Crippen molar-refractivity contribution in [3.8, 4) is 0 Å². The van der Waals surface area contributed by atoms with Gasteiger partial charge in [-0.3, -0.25) is 4.99 Å². The predicted molar refractivity (Wildman–Crippen MR) is 121 cm³/mol. The molecule has 0 atom stereocenters. The van der Waals surface area contributed by atoms with E-state index >= 15 is 0 Å². The first-order chi connectivity index (χ1) is 13.1. The van der Waals surface area contributed by atoms with Crippen molar-refractivity contribution in [2.75, 3.05) is 0 Å². The average Bonchev–Trinajstić information content (AvgIpc) is 2.70. The highest BCUT2D eigenvalue weighted by molar-refractivity contribution is 6.95. The van der Waals surface area contributed by atoms with Crippen LogP contribution in [0.15, 0.2) is 102 Å². The second-order valence-electron chi connectivity index (χ2n) is 7.47. The van der Waals surface area contributed by atoms with Crippen LogP contribution >= 0.6 is 0 Å². The smallest absolute Gasteiger partial charge is 0.107 e. The SMILES string of the molecule is C=C(Cc1cccc(C=NCc2ccccc2)c1)[Si](C)(C)c1ccccc1. The Balaban J connectivity index is 1.67. The monoisotopic (exact) mass is 369 g/mol. The van der Waals surface area contributed by atoms with Gasteiger partial charge in [0.25, 0.3) is 0 Å². The van der Waals surface area contributed by atoms with Crippen LogP contribution in [0.3, 0.4) is 0 Å². The molecule has 0 saturated heterocycles. The number of benzene rings is 3. The molecule has 1 nitrogen and oxygen atoms in total. The van der Waals surface area contributed by atoms with Gasteiger partial charge in [0, 0.05) is 6.21 Å². The van der Waals surface area contributed by atoms with Crippen molar-refractivity contribution < 1.29 is 0 Å². The van der Waals surface area contributed by atoms with Crippen LogP contribution in [0.4, 0.5) is 0 Å². The van der Waals surface area contributed by atoms with E-state index in [1.54, 1.807) is 0 Å². The van der Waals surface area contributed by atoms with Crippen molar-refractivity contribution in [3.05, 3.63) is 113 Å². The lowest BCUT2D eigenvalue weighted by atomic mass is 10.1. The van der Waals surface area contributed by atoms with E-state index < -0.39 is 8.07 Å². The molecular formula is C25H27NSi. The number of aliphatic imine (C=N–C) groups is 1. The van der Waals surface area contributed by atoms with Gasteiger partial charge in [0.15, 0.2) is 0 Å². The summed E-state index contributed by atoms with van der Waals surface area (Å²) in [6.45, 7) is 9.94. The minimum Gasteiger partial charge on any atom is -0.288 e. The van der Waals surface area contributed by atoms with Crippen molar-refractivity contribution in [3.63, 3.8) is 0 Å². The Hall–Kier alpha value is -2.71. The van der Waals surface area contributed by atoms with E-state index in [9.17, 15) is 0 Å². The summed E-state index contributed by atoms with van der Waals surface area (Å²) in [5.74, 6) is 0. The standard InChI is InChI=1S/C25H27NSi/c1-21(27(2,3)25-15-8-5-9-16-25)17-23-13-10-14-24(18-23)20-26-19-22-11-6-4-7-12-22/h4-16,18,20H,1,17,19H2,2-3H3. The Morgan fingerprint density at radius 3 is 2.19 bits per heavy atom. The molecule has 0 amide bonds. The summed E-state index contributed by atoms with van der Waals surface area (Å²) < 4.78 is 0. The van der Waals surface area contributed by atoms with E-state index in [4.69, 9.17) is 0 Å². The Morgan fingerprint density at radius 1 is 0.852 bits per heavy atom. The van der Waals surface area contributed by atoms with Crippen molar-refractivity contribution in [2.24, 2.45) is 4.99 Å². The first-order valence-electron chi connectivity index (χ1n) is 9.42. The summed E-state index contributed by atoms with van der Waals surface area (Å²) in [6.07, 6.45) is 2.90. The zero-order valence-corrected chi connectivity index (χ0v) is 17.2. The molecule has 2 heteroatoms. The summed E-state index contributed by atoms with van der Waals surface area (Å²) >= 11 is 0. The first kappa shape index (κ1) is 19.1. The van der Waals surface area contributed by atoms with Gasteiger partial charge in [-0.25, -0.2) is 0 Å². The van der Waals surface area contributed by atoms with Crippen molar-refractivity contribution in [1.82, 2.24) is 0 Å².